The van der Waals surface area contributed by atoms with Crippen molar-refractivity contribution in [2.45, 2.75) is 12.1 Å². The molecule has 182 valence electrons. The number of hydrogen-bond acceptors (Lipinski definition) is 5. The van der Waals surface area contributed by atoms with Crippen LogP contribution in [0.25, 0.3) is 0 Å². The lowest BCUT2D eigenvalue weighted by atomic mass is 10.2. The number of piperidine rings is 2. The highest BCUT2D eigenvalue weighted by atomic mass is 35.5. The van der Waals surface area contributed by atoms with Crippen molar-refractivity contribution < 1.29 is 9.59 Å². The van der Waals surface area contributed by atoms with Gasteiger partial charge in [0.25, 0.3) is 0 Å². The van der Waals surface area contributed by atoms with E-state index in [4.69, 9.17) is 28.3 Å². The molecule has 4 atom stereocenters. The third-order valence-corrected chi connectivity index (χ3v) is 7.71. The van der Waals surface area contributed by atoms with Gasteiger partial charge < -0.3 is 31.9 Å². The predicted molar refractivity (Wildman–Crippen MR) is 134 cm³/mol. The molecule has 35 heavy (non-hydrogen) atoms. The van der Waals surface area contributed by atoms with Crippen molar-refractivity contribution >= 4 is 35.0 Å². The minimum absolute atomic E-state index is 0.0493. The highest BCUT2D eigenvalue weighted by Gasteiger charge is 2.55. The summed E-state index contributed by atoms with van der Waals surface area (Å²) in [6.45, 7) is 3.08. The summed E-state index contributed by atoms with van der Waals surface area (Å²) in [5.74, 6) is 2.03. The maximum atomic E-state index is 12.0. The summed E-state index contributed by atoms with van der Waals surface area (Å²) in [7, 11) is 0. The molecule has 6 rings (SSSR count). The molecule has 4 amide bonds. The Hall–Kier alpha value is -3.32. The summed E-state index contributed by atoms with van der Waals surface area (Å²) >= 11 is 5.78. The third kappa shape index (κ3) is 5.05. The van der Waals surface area contributed by atoms with E-state index in [1.807, 2.05) is 11.0 Å². The number of rotatable bonds is 2. The monoisotopic (exact) mass is 493 g/mol. The highest BCUT2D eigenvalue weighted by molar-refractivity contribution is 6.30. The topological polar surface area (TPSA) is 141 Å². The first-order chi connectivity index (χ1) is 16.8. The molecule has 2 aromatic rings. The number of nitriles is 1. The molecule has 0 spiro atoms. The summed E-state index contributed by atoms with van der Waals surface area (Å²) in [6.07, 6.45) is 0. The lowest BCUT2D eigenvalue weighted by molar-refractivity contribution is 0.216. The van der Waals surface area contributed by atoms with Gasteiger partial charge in [0.15, 0.2) is 0 Å². The summed E-state index contributed by atoms with van der Waals surface area (Å²) in [6, 6.07) is 16.5. The van der Waals surface area contributed by atoms with Crippen molar-refractivity contribution in [1.82, 2.24) is 9.80 Å². The third-order valence-electron chi connectivity index (χ3n) is 7.46. The lowest BCUT2D eigenvalue weighted by Gasteiger charge is -2.19. The van der Waals surface area contributed by atoms with Gasteiger partial charge in [-0.15, -0.1) is 0 Å². The quantitative estimate of drug-likeness (QED) is 0.509. The van der Waals surface area contributed by atoms with Crippen LogP contribution in [0.5, 0.6) is 0 Å². The van der Waals surface area contributed by atoms with E-state index in [-0.39, 0.29) is 12.1 Å². The predicted octanol–water partition coefficient (Wildman–Crippen LogP) is 2.74. The van der Waals surface area contributed by atoms with Crippen LogP contribution in [0.3, 0.4) is 0 Å². The molecule has 10 heteroatoms. The second-order valence-electron chi connectivity index (χ2n) is 9.68. The Kier molecular flexibility index (Phi) is 6.28. The van der Waals surface area contributed by atoms with Crippen LogP contribution in [0.4, 0.5) is 21.0 Å². The fraction of sp³-hybridized carbons (Fsp3) is 0.400. The van der Waals surface area contributed by atoms with Gasteiger partial charge in [0.1, 0.15) is 0 Å². The summed E-state index contributed by atoms with van der Waals surface area (Å²) < 4.78 is 0. The van der Waals surface area contributed by atoms with Crippen LogP contribution in [0.2, 0.25) is 5.02 Å². The van der Waals surface area contributed by atoms with Crippen LogP contribution in [0.1, 0.15) is 5.56 Å². The van der Waals surface area contributed by atoms with Gasteiger partial charge in [0.2, 0.25) is 0 Å². The minimum Gasteiger partial charge on any atom is -0.327 e. The van der Waals surface area contributed by atoms with Gasteiger partial charge in [-0.25, -0.2) is 9.59 Å². The first-order valence-electron chi connectivity index (χ1n) is 11.7. The van der Waals surface area contributed by atoms with Gasteiger partial charge in [-0.1, -0.05) is 11.6 Å². The van der Waals surface area contributed by atoms with Crippen molar-refractivity contribution in [3.05, 3.63) is 59.1 Å². The molecule has 0 bridgehead atoms. The van der Waals surface area contributed by atoms with Crippen LogP contribution in [0, 0.1) is 35.0 Å². The Bertz CT molecular complexity index is 1130. The molecule has 2 heterocycles. The van der Waals surface area contributed by atoms with Gasteiger partial charge in [-0.3, -0.25) is 0 Å². The van der Waals surface area contributed by atoms with E-state index in [9.17, 15) is 9.59 Å². The summed E-state index contributed by atoms with van der Waals surface area (Å²) in [5, 5.41) is 15.0. The number of hydrogen-bond donors (Lipinski definition) is 4. The van der Waals surface area contributed by atoms with Crippen molar-refractivity contribution in [2.75, 3.05) is 36.8 Å². The molecule has 4 aliphatic rings. The van der Waals surface area contributed by atoms with Crippen LogP contribution >= 0.6 is 11.6 Å². The number of nitrogens with one attached hydrogen (secondary N) is 2. The van der Waals surface area contributed by atoms with Gasteiger partial charge in [0.05, 0.1) is 11.6 Å². The fourth-order valence-corrected chi connectivity index (χ4v) is 5.17. The Morgan fingerprint density at radius 3 is 1.51 bits per heavy atom. The number of likely N-dealkylation sites (tertiary alicyclic amines) is 2. The van der Waals surface area contributed by atoms with Crippen molar-refractivity contribution in [3.8, 4) is 6.07 Å². The standard InChI is InChI=1S/C13H14N4O.C12H14ClN3O/c14-5-8-1-3-9(4-2-8)16-13(18)17-6-10-11(7-17)12(10)15;13-7-1-3-8(4-2-7)15-12(17)16-5-9-10(6-16)11(9)14/h1-4,10-12H,6-7,15H2,(H,16,18);1-4,9-11H,5-6,14H2,(H,15,17). The van der Waals surface area contributed by atoms with E-state index < -0.39 is 0 Å². The van der Waals surface area contributed by atoms with Crippen LogP contribution in [-0.2, 0) is 0 Å². The Morgan fingerprint density at radius 2 is 1.14 bits per heavy atom. The number of amides is 4. The molecule has 2 aliphatic carbocycles. The molecule has 9 nitrogen and oxygen atoms in total. The van der Waals surface area contributed by atoms with Gasteiger partial charge in [0, 0.05) is 54.7 Å². The smallest absolute Gasteiger partial charge is 0.321 e. The number of carbonyl (C=O) groups is 2. The molecule has 2 aromatic carbocycles. The molecule has 0 aromatic heterocycles. The van der Waals surface area contributed by atoms with Crippen molar-refractivity contribution in [1.29, 1.82) is 5.26 Å². The first-order valence-corrected chi connectivity index (χ1v) is 12.1. The largest absolute Gasteiger partial charge is 0.327 e. The maximum Gasteiger partial charge on any atom is 0.321 e. The van der Waals surface area contributed by atoms with Gasteiger partial charge in [-0.05, 0) is 72.2 Å². The molecule has 6 N–H and O–H groups in total. The molecular weight excluding hydrogens is 466 g/mol. The first kappa shape index (κ1) is 23.4. The van der Waals surface area contributed by atoms with E-state index >= 15 is 0 Å². The number of anilines is 2. The average molecular weight is 494 g/mol. The molecular formula is C25H28ClN7O2. The van der Waals surface area contributed by atoms with E-state index in [0.717, 1.165) is 31.9 Å². The Morgan fingerprint density at radius 1 is 0.771 bits per heavy atom. The number of urea groups is 2. The summed E-state index contributed by atoms with van der Waals surface area (Å²) in [4.78, 5) is 27.5. The van der Waals surface area contributed by atoms with E-state index in [1.54, 1.807) is 53.4 Å². The highest BCUT2D eigenvalue weighted by Crippen LogP contribution is 2.44. The van der Waals surface area contributed by atoms with Crippen molar-refractivity contribution in [2.24, 2.45) is 35.1 Å². The van der Waals surface area contributed by atoms with Crippen LogP contribution < -0.4 is 22.1 Å². The second kappa shape index (κ2) is 9.38. The normalized spacial score (nSPS) is 29.2. The molecule has 2 saturated carbocycles. The zero-order valence-corrected chi connectivity index (χ0v) is 19.9. The molecule has 4 fully saturated rings. The van der Waals surface area contributed by atoms with Crippen LogP contribution in [0.15, 0.2) is 48.5 Å². The van der Waals surface area contributed by atoms with E-state index in [1.165, 1.54) is 0 Å². The minimum atomic E-state index is -0.0842. The SMILES string of the molecule is N#Cc1ccc(NC(=O)N2CC3C(N)C3C2)cc1.NC1C2CN(C(=O)Nc3ccc(Cl)cc3)CC12. The van der Waals surface area contributed by atoms with Gasteiger partial charge in [-0.2, -0.15) is 5.26 Å². The van der Waals surface area contributed by atoms with Crippen LogP contribution in [-0.4, -0.2) is 60.1 Å². The lowest BCUT2D eigenvalue weighted by Crippen LogP contribution is -2.36. The number of carbonyl (C=O) groups excluding carboxylic acids is 2. The number of benzene rings is 2. The zero-order valence-electron chi connectivity index (χ0n) is 19.1. The second-order valence-corrected chi connectivity index (χ2v) is 10.1. The van der Waals surface area contributed by atoms with E-state index in [0.29, 0.717) is 52.0 Å². The maximum absolute atomic E-state index is 12.0. The molecule has 2 aliphatic heterocycles. The molecule has 0 radical (unpaired) electrons. The summed E-state index contributed by atoms with van der Waals surface area (Å²) in [5.41, 5.74) is 13.7. The molecule has 2 saturated heterocycles. The number of nitrogens with two attached hydrogens (primary N) is 2. The Balaban J connectivity index is 0.000000145. The van der Waals surface area contributed by atoms with E-state index in [2.05, 4.69) is 10.6 Å². The zero-order chi connectivity index (χ0) is 24.7. The van der Waals surface area contributed by atoms with Crippen molar-refractivity contribution in [3.63, 3.8) is 0 Å². The average Bonchev–Trinajstić information content (AvgIpc) is 3.45. The Labute approximate surface area is 209 Å². The number of halogens is 1. The molecule has 4 unspecified atom stereocenters. The number of fused-ring (bicyclic) bond motifs is 2. The number of nitrogens with zero attached hydrogens (tertiary/aromatic N) is 3. The fourth-order valence-electron chi connectivity index (χ4n) is 5.04. The van der Waals surface area contributed by atoms with Gasteiger partial charge >= 0.3 is 12.1 Å².